The van der Waals surface area contributed by atoms with Gasteiger partial charge in [-0.05, 0) is 73.8 Å². The number of carbonyl (C=O) groups is 1. The Balaban J connectivity index is 0.607. The lowest BCUT2D eigenvalue weighted by Gasteiger charge is -2.82. The van der Waals surface area contributed by atoms with Crippen LogP contribution in [0.3, 0.4) is 0 Å². The van der Waals surface area contributed by atoms with Crippen molar-refractivity contribution in [3.05, 3.63) is 24.3 Å². The zero-order chi connectivity index (χ0) is 55.7. The molecule has 19 unspecified atom stereocenters. The van der Waals surface area contributed by atoms with Gasteiger partial charge in [0.1, 0.15) is 24.4 Å². The fourth-order valence-corrected chi connectivity index (χ4v) is 20.1. The molecular formula is C62H86O20. The molecule has 1 aliphatic carbocycles. The lowest BCUT2D eigenvalue weighted by atomic mass is 9.50. The van der Waals surface area contributed by atoms with Crippen LogP contribution in [-0.2, 0) is 80.6 Å². The number of rotatable bonds is 2. The number of carbonyl (C=O) groups excluding carboxylic acids is 1. The fourth-order valence-electron chi connectivity index (χ4n) is 20.1. The van der Waals surface area contributed by atoms with Crippen LogP contribution in [0.2, 0.25) is 0 Å². The average Bonchev–Trinajstić information content (AvgIpc) is 0.752. The number of aliphatic hydroxyl groups is 3. The molecule has 4 spiro atoms. The number of hydrogen-bond acceptors (Lipinski definition) is 20. The maximum absolute atomic E-state index is 14.7. The maximum atomic E-state index is 14.7. The van der Waals surface area contributed by atoms with Crippen molar-refractivity contribution in [3.63, 3.8) is 0 Å². The summed E-state index contributed by atoms with van der Waals surface area (Å²) in [6, 6.07) is 0. The Morgan fingerprint density at radius 2 is 1.24 bits per heavy atom. The summed E-state index contributed by atoms with van der Waals surface area (Å²) in [6.45, 7) is 17.5. The molecule has 17 aliphatic heterocycles. The van der Waals surface area contributed by atoms with Gasteiger partial charge >= 0.3 is 5.97 Å². The van der Waals surface area contributed by atoms with Gasteiger partial charge in [-0.25, -0.2) is 0 Å². The summed E-state index contributed by atoms with van der Waals surface area (Å²) in [5.74, 6) is -5.90. The average molecular weight is 1150 g/mol. The first kappa shape index (κ1) is 54.4. The standard InChI is InChI=1S/C62H86O20/c1-26-13-32-7-9-36-27(2)14-34(67-36)11-12-58-25-61(66)57-56-49(62(57,81-58)82-61)55(80-58)54-37(72-56)10-8-33(69-54)15-48(65)75-53-31(6)52-44(71-43(53)16-38(68-32)30(26)5)19-42-46(74-52)22-60(76-42)23-47-51(79-60)29(4)21-59(78-47)20-28(3)50-45(77-59)18-40-41(73-50)17-39(70-40)35(64)24-63/h26,28-29,31-47,49-57,63-64,66H,2,5,7-25H2,1,3-4,6H3/t26-,28+,29+,31+,32+,33?,34?,35?,36+,37?,38?,39?,40?,41?,42-,43+,44+,45?,46-,47?,49?,50?,51?,52+,53?,54+,55?,56?,57?,58-,59-,60?,61-,62?/m1/s1. The molecule has 17 heterocycles. The van der Waals surface area contributed by atoms with Gasteiger partial charge in [-0.1, -0.05) is 40.9 Å². The molecule has 20 heteroatoms. The molecule has 82 heavy (non-hydrogen) atoms. The van der Waals surface area contributed by atoms with Crippen LogP contribution in [0, 0.1) is 35.5 Å². The summed E-state index contributed by atoms with van der Waals surface area (Å²) in [5.41, 5.74) is 2.10. The predicted molar refractivity (Wildman–Crippen MR) is 280 cm³/mol. The van der Waals surface area contributed by atoms with Crippen molar-refractivity contribution in [2.75, 3.05) is 6.61 Å². The minimum Gasteiger partial charge on any atom is -0.459 e. The summed E-state index contributed by atoms with van der Waals surface area (Å²) in [5, 5.41) is 31.9. The molecule has 20 nitrogen and oxygen atoms in total. The molecule has 0 amide bonds. The van der Waals surface area contributed by atoms with Gasteiger partial charge in [0.25, 0.3) is 0 Å². The van der Waals surface area contributed by atoms with Gasteiger partial charge in [0.05, 0.1) is 147 Å². The molecule has 3 N–H and O–H groups in total. The van der Waals surface area contributed by atoms with Crippen molar-refractivity contribution in [3.8, 4) is 0 Å². The molecule has 34 atom stereocenters. The Hall–Kier alpha value is -1.77. The van der Waals surface area contributed by atoms with Gasteiger partial charge in [-0.15, -0.1) is 0 Å². The number of ether oxygens (including phenoxy) is 16. The maximum Gasteiger partial charge on any atom is 0.308 e. The van der Waals surface area contributed by atoms with Crippen LogP contribution >= 0.6 is 0 Å². The van der Waals surface area contributed by atoms with E-state index < -0.39 is 71.7 Å². The van der Waals surface area contributed by atoms with E-state index in [9.17, 15) is 20.1 Å². The molecule has 0 aromatic heterocycles. The van der Waals surface area contributed by atoms with Crippen LogP contribution < -0.4 is 0 Å². The van der Waals surface area contributed by atoms with E-state index in [1.54, 1.807) is 0 Å². The number of hydrogen-bond donors (Lipinski definition) is 3. The van der Waals surface area contributed by atoms with Crippen molar-refractivity contribution in [2.24, 2.45) is 35.5 Å². The van der Waals surface area contributed by atoms with E-state index in [0.717, 1.165) is 36.8 Å². The van der Waals surface area contributed by atoms with E-state index >= 15 is 0 Å². The summed E-state index contributed by atoms with van der Waals surface area (Å²) in [6.07, 6.45) is 3.01. The van der Waals surface area contributed by atoms with Crippen molar-refractivity contribution >= 4 is 5.97 Å². The van der Waals surface area contributed by atoms with Crippen LogP contribution in [0.1, 0.15) is 143 Å². The molecule has 18 aliphatic rings. The van der Waals surface area contributed by atoms with Crippen LogP contribution in [0.5, 0.6) is 0 Å². The van der Waals surface area contributed by atoms with Gasteiger partial charge in [0.2, 0.25) is 0 Å². The lowest BCUT2D eigenvalue weighted by Crippen LogP contribution is -2.97. The second-order valence-electron chi connectivity index (χ2n) is 29.1. The molecule has 1 saturated carbocycles. The topological polar surface area (TPSA) is 225 Å². The third kappa shape index (κ3) is 8.29. The number of esters is 1. The molecule has 10 bridgehead atoms. The smallest absolute Gasteiger partial charge is 0.308 e. The summed E-state index contributed by atoms with van der Waals surface area (Å²) in [4.78, 5) is 14.7. The van der Waals surface area contributed by atoms with Gasteiger partial charge in [-0.3, -0.25) is 4.79 Å². The van der Waals surface area contributed by atoms with E-state index in [1.165, 1.54) is 0 Å². The highest BCUT2D eigenvalue weighted by molar-refractivity contribution is 5.70. The third-order valence-corrected chi connectivity index (χ3v) is 23.7. The van der Waals surface area contributed by atoms with Crippen molar-refractivity contribution in [2.45, 2.75) is 313 Å². The highest BCUT2D eigenvalue weighted by Crippen LogP contribution is 2.76. The normalized spacial score (nSPS) is 60.9. The number of aliphatic hydroxyl groups excluding tert-OH is 2. The van der Waals surface area contributed by atoms with E-state index in [2.05, 4.69) is 40.9 Å². The fraction of sp³-hybridized carbons (Fsp3) is 0.919. The minimum absolute atomic E-state index is 0.0433. The Labute approximate surface area is 479 Å². The second-order valence-corrected chi connectivity index (χ2v) is 29.1. The van der Waals surface area contributed by atoms with Crippen molar-refractivity contribution in [1.82, 2.24) is 0 Å². The molecule has 0 radical (unpaired) electrons. The van der Waals surface area contributed by atoms with Crippen LogP contribution in [0.25, 0.3) is 0 Å². The minimum atomic E-state index is -1.39. The van der Waals surface area contributed by atoms with E-state index in [1.807, 2.05) is 0 Å². The SMILES string of the molecule is C=C1C2C[C@@H]3O[C@H]4C[C@H]5OC6(CC7O[C@]8(C[C@H](C)C9OC%10CC(C(O)CO)OC%10CC9O8)C[C@H](C)C7O6)C[C@H]5O[C@H]4[C@H](C)C3OC(=O)CC3CCC4OC5C6C(O[C@@]7(CCC8CC(=C)[C@H](CC[C@@H](C[C@H]1C)O2)O8)C[C@@]1(O)OC6(O7)C51)[C@H]4O3. The second kappa shape index (κ2) is 19.1. The van der Waals surface area contributed by atoms with Crippen LogP contribution in [0.15, 0.2) is 24.3 Å². The summed E-state index contributed by atoms with van der Waals surface area (Å²) < 4.78 is 110. The first-order valence-corrected chi connectivity index (χ1v) is 32.0. The Morgan fingerprint density at radius 3 is 2.10 bits per heavy atom. The highest BCUT2D eigenvalue weighted by atomic mass is 16.9. The lowest BCUT2D eigenvalue weighted by molar-refractivity contribution is -0.672. The third-order valence-electron chi connectivity index (χ3n) is 23.7. The Kier molecular flexibility index (Phi) is 12.7. The van der Waals surface area contributed by atoms with Crippen LogP contribution in [0.4, 0.5) is 0 Å². The first-order valence-electron chi connectivity index (χ1n) is 32.0. The van der Waals surface area contributed by atoms with Gasteiger partial charge in [0, 0.05) is 63.7 Å². The molecule has 18 rings (SSSR count). The predicted octanol–water partition coefficient (Wildman–Crippen LogP) is 4.86. The molecule has 18 fully saturated rings. The largest absolute Gasteiger partial charge is 0.459 e. The van der Waals surface area contributed by atoms with E-state index in [4.69, 9.17) is 75.8 Å². The monoisotopic (exact) mass is 1150 g/mol. The molecule has 0 aromatic carbocycles. The van der Waals surface area contributed by atoms with Gasteiger partial charge in [-0.2, -0.15) is 0 Å². The first-order chi connectivity index (χ1) is 39.4. The van der Waals surface area contributed by atoms with Crippen molar-refractivity contribution in [1.29, 1.82) is 0 Å². The van der Waals surface area contributed by atoms with Crippen molar-refractivity contribution < 1.29 is 95.9 Å². The van der Waals surface area contributed by atoms with Gasteiger partial charge in [0.15, 0.2) is 28.9 Å². The zero-order valence-corrected chi connectivity index (χ0v) is 47.9. The molecule has 0 aromatic rings. The van der Waals surface area contributed by atoms with E-state index in [0.29, 0.717) is 77.0 Å². The van der Waals surface area contributed by atoms with Gasteiger partial charge < -0.3 is 91.1 Å². The van der Waals surface area contributed by atoms with E-state index in [-0.39, 0.29) is 159 Å². The summed E-state index contributed by atoms with van der Waals surface area (Å²) in [7, 11) is 0. The summed E-state index contributed by atoms with van der Waals surface area (Å²) >= 11 is 0. The molecular weight excluding hydrogens is 1060 g/mol. The Bertz CT molecular complexity index is 2570. The zero-order valence-electron chi connectivity index (χ0n) is 47.9. The quantitative estimate of drug-likeness (QED) is 0.248. The highest BCUT2D eigenvalue weighted by Gasteiger charge is 2.91. The molecule has 454 valence electrons. The number of fused-ring (bicyclic) bond motifs is 11. The van der Waals surface area contributed by atoms with Crippen LogP contribution in [-0.4, -0.2) is 197 Å². The Morgan fingerprint density at radius 1 is 0.549 bits per heavy atom. The molecule has 17 saturated heterocycles.